The van der Waals surface area contributed by atoms with Crippen LogP contribution in [0.1, 0.15) is 11.1 Å². The van der Waals surface area contributed by atoms with Crippen LogP contribution in [-0.2, 0) is 13.1 Å². The Hall–Kier alpha value is -1.43. The van der Waals surface area contributed by atoms with E-state index in [1.54, 1.807) is 11.3 Å². The van der Waals surface area contributed by atoms with Crippen LogP contribution in [0.15, 0.2) is 45.7 Å². The van der Waals surface area contributed by atoms with Gasteiger partial charge in [-0.05, 0) is 43.9 Å². The maximum absolute atomic E-state index is 5.81. The van der Waals surface area contributed by atoms with Gasteiger partial charge in [-0.3, -0.25) is 0 Å². The molecule has 2 aromatic heterocycles. The lowest BCUT2D eigenvalue weighted by atomic mass is 10.1. The number of aromatic nitrogens is 1. The van der Waals surface area contributed by atoms with Crippen molar-refractivity contribution in [2.24, 2.45) is 5.73 Å². The normalized spacial score (nSPS) is 11.0. The molecule has 0 radical (unpaired) electrons. The standard InChI is InChI=1S/C16H16BrN3S/c1-20(9-11-6-15(17)21-10-11)16-14-5-3-2-4-13(14)12(7-18)8-19-16/h2-6,8,10H,7,9,18H2,1H3. The van der Waals surface area contributed by atoms with Crippen molar-refractivity contribution in [1.82, 2.24) is 4.98 Å². The first-order valence-corrected chi connectivity index (χ1v) is 8.37. The average molecular weight is 362 g/mol. The molecular formula is C16H16BrN3S. The van der Waals surface area contributed by atoms with Gasteiger partial charge in [0.1, 0.15) is 5.82 Å². The van der Waals surface area contributed by atoms with Gasteiger partial charge in [0.05, 0.1) is 3.79 Å². The van der Waals surface area contributed by atoms with E-state index < -0.39 is 0 Å². The summed E-state index contributed by atoms with van der Waals surface area (Å²) in [7, 11) is 2.07. The molecular weight excluding hydrogens is 346 g/mol. The fraction of sp³-hybridized carbons (Fsp3) is 0.188. The Labute approximate surface area is 136 Å². The molecule has 0 aliphatic rings. The molecule has 2 N–H and O–H groups in total. The lowest BCUT2D eigenvalue weighted by molar-refractivity contribution is 0.905. The molecule has 108 valence electrons. The van der Waals surface area contributed by atoms with E-state index in [4.69, 9.17) is 5.73 Å². The van der Waals surface area contributed by atoms with Gasteiger partial charge in [-0.2, -0.15) is 0 Å². The van der Waals surface area contributed by atoms with E-state index >= 15 is 0 Å². The van der Waals surface area contributed by atoms with Crippen LogP contribution in [0.5, 0.6) is 0 Å². The maximum atomic E-state index is 5.81. The predicted octanol–water partition coefficient (Wildman–Crippen LogP) is 4.15. The first kappa shape index (κ1) is 14.5. The summed E-state index contributed by atoms with van der Waals surface area (Å²) in [5.41, 5.74) is 8.18. The summed E-state index contributed by atoms with van der Waals surface area (Å²) in [6, 6.07) is 10.5. The molecule has 0 saturated carbocycles. The lowest BCUT2D eigenvalue weighted by Gasteiger charge is -2.20. The molecule has 0 aliphatic carbocycles. The zero-order valence-corrected chi connectivity index (χ0v) is 14.1. The number of pyridine rings is 1. The van der Waals surface area contributed by atoms with Crippen LogP contribution < -0.4 is 10.6 Å². The van der Waals surface area contributed by atoms with Gasteiger partial charge in [-0.25, -0.2) is 4.98 Å². The number of thiophene rings is 1. The van der Waals surface area contributed by atoms with Gasteiger partial charge in [0.25, 0.3) is 0 Å². The van der Waals surface area contributed by atoms with Crippen molar-refractivity contribution in [2.75, 3.05) is 11.9 Å². The molecule has 0 aliphatic heterocycles. The van der Waals surface area contributed by atoms with Gasteiger partial charge in [-0.15, -0.1) is 11.3 Å². The minimum absolute atomic E-state index is 0.509. The van der Waals surface area contributed by atoms with E-state index in [2.05, 4.69) is 56.4 Å². The van der Waals surface area contributed by atoms with E-state index in [9.17, 15) is 0 Å². The van der Waals surface area contributed by atoms with E-state index in [1.165, 1.54) is 10.9 Å². The van der Waals surface area contributed by atoms with Crippen LogP contribution in [0.2, 0.25) is 0 Å². The fourth-order valence-corrected chi connectivity index (χ4v) is 3.68. The highest BCUT2D eigenvalue weighted by Crippen LogP contribution is 2.28. The minimum Gasteiger partial charge on any atom is -0.355 e. The minimum atomic E-state index is 0.509. The first-order valence-electron chi connectivity index (χ1n) is 6.70. The summed E-state index contributed by atoms with van der Waals surface area (Å²) >= 11 is 5.21. The molecule has 2 heterocycles. The average Bonchev–Trinajstić information content (AvgIpc) is 2.91. The molecule has 3 nitrogen and oxygen atoms in total. The Kier molecular flexibility index (Phi) is 4.24. The molecule has 0 fully saturated rings. The number of halogens is 1. The topological polar surface area (TPSA) is 42.2 Å². The van der Waals surface area contributed by atoms with E-state index in [0.29, 0.717) is 6.54 Å². The smallest absolute Gasteiger partial charge is 0.136 e. The van der Waals surface area contributed by atoms with Crippen molar-refractivity contribution in [3.05, 3.63) is 56.8 Å². The van der Waals surface area contributed by atoms with Crippen LogP contribution in [0.3, 0.4) is 0 Å². The van der Waals surface area contributed by atoms with Gasteiger partial charge in [0.15, 0.2) is 0 Å². The molecule has 0 saturated heterocycles. The summed E-state index contributed by atoms with van der Waals surface area (Å²) in [4.78, 5) is 6.80. The van der Waals surface area contributed by atoms with Crippen molar-refractivity contribution >= 4 is 43.9 Å². The summed E-state index contributed by atoms with van der Waals surface area (Å²) in [6.07, 6.45) is 1.89. The van der Waals surface area contributed by atoms with E-state index in [-0.39, 0.29) is 0 Å². The molecule has 21 heavy (non-hydrogen) atoms. The number of nitrogens with zero attached hydrogens (tertiary/aromatic N) is 2. The van der Waals surface area contributed by atoms with E-state index in [0.717, 1.165) is 27.1 Å². The highest BCUT2D eigenvalue weighted by molar-refractivity contribution is 9.11. The second kappa shape index (κ2) is 6.13. The van der Waals surface area contributed by atoms with Crippen LogP contribution >= 0.6 is 27.3 Å². The second-order valence-electron chi connectivity index (χ2n) is 4.97. The molecule has 0 amide bonds. The highest BCUT2D eigenvalue weighted by atomic mass is 79.9. The quantitative estimate of drug-likeness (QED) is 0.758. The number of anilines is 1. The van der Waals surface area contributed by atoms with Crippen molar-refractivity contribution in [3.63, 3.8) is 0 Å². The molecule has 3 rings (SSSR count). The number of hydrogen-bond donors (Lipinski definition) is 1. The van der Waals surface area contributed by atoms with Gasteiger partial charge >= 0.3 is 0 Å². The van der Waals surface area contributed by atoms with Crippen LogP contribution in [0.25, 0.3) is 10.8 Å². The number of nitrogens with two attached hydrogens (primary N) is 1. The van der Waals surface area contributed by atoms with Crippen LogP contribution in [0, 0.1) is 0 Å². The van der Waals surface area contributed by atoms with Gasteiger partial charge in [0.2, 0.25) is 0 Å². The Morgan fingerprint density at radius 3 is 2.71 bits per heavy atom. The zero-order chi connectivity index (χ0) is 14.8. The zero-order valence-electron chi connectivity index (χ0n) is 11.7. The third kappa shape index (κ3) is 2.95. The SMILES string of the molecule is CN(Cc1csc(Br)c1)c1ncc(CN)c2ccccc12. The predicted molar refractivity (Wildman–Crippen MR) is 93.8 cm³/mol. The first-order chi connectivity index (χ1) is 10.2. The number of rotatable bonds is 4. The summed E-state index contributed by atoms with van der Waals surface area (Å²) in [6.45, 7) is 1.34. The molecule has 0 unspecified atom stereocenters. The van der Waals surface area contributed by atoms with Gasteiger partial charge in [-0.1, -0.05) is 24.3 Å². The number of hydrogen-bond acceptors (Lipinski definition) is 4. The Morgan fingerprint density at radius 1 is 1.29 bits per heavy atom. The molecule has 0 spiro atoms. The molecule has 0 atom stereocenters. The fourth-order valence-electron chi connectivity index (χ4n) is 2.48. The lowest BCUT2D eigenvalue weighted by Crippen LogP contribution is -2.18. The molecule has 1 aromatic carbocycles. The Bertz CT molecular complexity index is 769. The summed E-state index contributed by atoms with van der Waals surface area (Å²) in [5.74, 6) is 0.991. The monoisotopic (exact) mass is 361 g/mol. The summed E-state index contributed by atoms with van der Waals surface area (Å²) in [5, 5.41) is 4.50. The van der Waals surface area contributed by atoms with Gasteiger partial charge < -0.3 is 10.6 Å². The molecule has 0 bridgehead atoms. The molecule has 3 aromatic rings. The third-order valence-electron chi connectivity index (χ3n) is 3.48. The van der Waals surface area contributed by atoms with Crippen molar-refractivity contribution in [1.29, 1.82) is 0 Å². The number of benzene rings is 1. The Morgan fingerprint density at radius 2 is 2.05 bits per heavy atom. The van der Waals surface area contributed by atoms with Crippen molar-refractivity contribution < 1.29 is 0 Å². The van der Waals surface area contributed by atoms with Crippen molar-refractivity contribution in [2.45, 2.75) is 13.1 Å². The second-order valence-corrected chi connectivity index (χ2v) is 7.26. The summed E-state index contributed by atoms with van der Waals surface area (Å²) < 4.78 is 1.15. The van der Waals surface area contributed by atoms with Gasteiger partial charge in [0, 0.05) is 31.7 Å². The maximum Gasteiger partial charge on any atom is 0.136 e. The van der Waals surface area contributed by atoms with E-state index in [1.807, 2.05) is 18.3 Å². The number of fused-ring (bicyclic) bond motifs is 1. The largest absolute Gasteiger partial charge is 0.355 e. The van der Waals surface area contributed by atoms with Crippen LogP contribution in [-0.4, -0.2) is 12.0 Å². The molecule has 5 heteroatoms. The highest BCUT2D eigenvalue weighted by Gasteiger charge is 2.11. The van der Waals surface area contributed by atoms with Crippen molar-refractivity contribution in [3.8, 4) is 0 Å². The van der Waals surface area contributed by atoms with Crippen LogP contribution in [0.4, 0.5) is 5.82 Å². The Balaban J connectivity index is 2.00. The third-order valence-corrected chi connectivity index (χ3v) is 5.03.